The first kappa shape index (κ1) is 18.4. The number of ether oxygens (including phenoxy) is 1. The van der Waals surface area contributed by atoms with Crippen molar-refractivity contribution in [2.24, 2.45) is 0 Å². The molecule has 150 valence electrons. The smallest absolute Gasteiger partial charge is 0.163 e. The zero-order valence-corrected chi connectivity index (χ0v) is 16.8. The Labute approximate surface area is 175 Å². The highest BCUT2D eigenvalue weighted by atomic mass is 16.5. The predicted octanol–water partition coefficient (Wildman–Crippen LogP) is 5.07. The zero-order chi connectivity index (χ0) is 20.5. The van der Waals surface area contributed by atoms with Crippen molar-refractivity contribution in [3.8, 4) is 5.75 Å². The SMILES string of the molecule is COc1cccc([C@@H]2CC(=O)C3=C(C2)Nc2ccccc2N[C@H]3c2cccnc2)c1. The van der Waals surface area contributed by atoms with Gasteiger partial charge in [0.25, 0.3) is 0 Å². The van der Waals surface area contributed by atoms with Crippen LogP contribution in [0.25, 0.3) is 0 Å². The van der Waals surface area contributed by atoms with Gasteiger partial charge in [-0.05, 0) is 53.8 Å². The number of allylic oxidation sites excluding steroid dienone is 1. The number of fused-ring (bicyclic) bond motifs is 1. The third kappa shape index (κ3) is 3.32. The van der Waals surface area contributed by atoms with Crippen molar-refractivity contribution in [1.82, 2.24) is 4.98 Å². The summed E-state index contributed by atoms with van der Waals surface area (Å²) in [7, 11) is 1.67. The normalized spacial score (nSPS) is 20.4. The van der Waals surface area contributed by atoms with Gasteiger partial charge in [-0.1, -0.05) is 30.3 Å². The lowest BCUT2D eigenvalue weighted by molar-refractivity contribution is -0.116. The number of carbonyl (C=O) groups is 1. The van der Waals surface area contributed by atoms with Crippen LogP contribution >= 0.6 is 0 Å². The van der Waals surface area contributed by atoms with Crippen molar-refractivity contribution in [3.05, 3.63) is 95.5 Å². The van der Waals surface area contributed by atoms with Gasteiger partial charge in [0, 0.05) is 30.1 Å². The van der Waals surface area contributed by atoms with Crippen LogP contribution in [0.3, 0.4) is 0 Å². The molecule has 1 aliphatic carbocycles. The van der Waals surface area contributed by atoms with Gasteiger partial charge in [0.05, 0.1) is 24.5 Å². The van der Waals surface area contributed by atoms with Crippen LogP contribution in [0.5, 0.6) is 5.75 Å². The molecule has 3 aromatic rings. The summed E-state index contributed by atoms with van der Waals surface area (Å²) < 4.78 is 5.39. The maximum Gasteiger partial charge on any atom is 0.163 e. The van der Waals surface area contributed by atoms with Crippen molar-refractivity contribution in [2.45, 2.75) is 24.8 Å². The molecule has 0 radical (unpaired) electrons. The van der Waals surface area contributed by atoms with Gasteiger partial charge in [-0.15, -0.1) is 0 Å². The van der Waals surface area contributed by atoms with Crippen molar-refractivity contribution >= 4 is 17.2 Å². The Balaban J connectivity index is 1.59. The van der Waals surface area contributed by atoms with Gasteiger partial charge in [-0.2, -0.15) is 0 Å². The highest BCUT2D eigenvalue weighted by Gasteiger charge is 2.36. The van der Waals surface area contributed by atoms with Gasteiger partial charge < -0.3 is 15.4 Å². The molecule has 2 atom stereocenters. The molecule has 2 N–H and O–H groups in total. The molecule has 30 heavy (non-hydrogen) atoms. The fourth-order valence-electron chi connectivity index (χ4n) is 4.42. The van der Waals surface area contributed by atoms with E-state index in [4.69, 9.17) is 4.74 Å². The van der Waals surface area contributed by atoms with Gasteiger partial charge in [0.1, 0.15) is 5.75 Å². The summed E-state index contributed by atoms with van der Waals surface area (Å²) in [4.78, 5) is 17.7. The number of Topliss-reactive ketones (excluding diaryl/α,β-unsaturated/α-hetero) is 1. The third-order valence-corrected chi connectivity index (χ3v) is 5.89. The van der Waals surface area contributed by atoms with E-state index in [0.717, 1.165) is 45.9 Å². The number of hydrogen-bond acceptors (Lipinski definition) is 5. The van der Waals surface area contributed by atoms with Crippen molar-refractivity contribution in [2.75, 3.05) is 17.7 Å². The monoisotopic (exact) mass is 397 g/mol. The summed E-state index contributed by atoms with van der Waals surface area (Å²) >= 11 is 0. The first-order chi connectivity index (χ1) is 14.7. The Bertz CT molecular complexity index is 1120. The second-order valence-corrected chi connectivity index (χ2v) is 7.73. The van der Waals surface area contributed by atoms with Crippen LogP contribution in [0.1, 0.15) is 35.9 Å². The topological polar surface area (TPSA) is 63.2 Å². The van der Waals surface area contributed by atoms with E-state index in [2.05, 4.69) is 21.7 Å². The number of pyridine rings is 1. The molecule has 5 nitrogen and oxygen atoms in total. The number of aromatic nitrogens is 1. The summed E-state index contributed by atoms with van der Waals surface area (Å²) in [5, 5.41) is 7.14. The summed E-state index contributed by atoms with van der Waals surface area (Å²) in [6.45, 7) is 0. The second kappa shape index (κ2) is 7.67. The van der Waals surface area contributed by atoms with Gasteiger partial charge in [0.15, 0.2) is 5.78 Å². The molecule has 2 aliphatic rings. The van der Waals surface area contributed by atoms with E-state index in [1.54, 1.807) is 13.3 Å². The van der Waals surface area contributed by atoms with E-state index in [1.165, 1.54) is 0 Å². The molecule has 1 aromatic heterocycles. The van der Waals surface area contributed by atoms with Crippen molar-refractivity contribution < 1.29 is 9.53 Å². The van der Waals surface area contributed by atoms with Gasteiger partial charge in [-0.25, -0.2) is 0 Å². The molecule has 0 bridgehead atoms. The van der Waals surface area contributed by atoms with Crippen LogP contribution in [0, 0.1) is 0 Å². The quantitative estimate of drug-likeness (QED) is 0.646. The molecular formula is C25H23N3O2. The molecule has 0 fully saturated rings. The summed E-state index contributed by atoms with van der Waals surface area (Å²) in [5.41, 5.74) is 5.85. The molecule has 0 saturated carbocycles. The zero-order valence-electron chi connectivity index (χ0n) is 16.8. The van der Waals surface area contributed by atoms with Crippen LogP contribution in [0.2, 0.25) is 0 Å². The Morgan fingerprint density at radius 1 is 0.967 bits per heavy atom. The number of nitrogens with zero attached hydrogens (tertiary/aromatic N) is 1. The third-order valence-electron chi connectivity index (χ3n) is 5.89. The Kier molecular flexibility index (Phi) is 4.71. The molecule has 5 rings (SSSR count). The summed E-state index contributed by atoms with van der Waals surface area (Å²) in [5.74, 6) is 1.08. The summed E-state index contributed by atoms with van der Waals surface area (Å²) in [6.07, 6.45) is 4.82. The van der Waals surface area contributed by atoms with Crippen molar-refractivity contribution in [3.63, 3.8) is 0 Å². The second-order valence-electron chi connectivity index (χ2n) is 7.73. The number of methoxy groups -OCH3 is 1. The number of para-hydroxylation sites is 2. The number of nitrogens with one attached hydrogen (secondary N) is 2. The molecule has 0 unspecified atom stereocenters. The maximum atomic E-state index is 13.5. The van der Waals surface area contributed by atoms with Crippen LogP contribution in [0.4, 0.5) is 11.4 Å². The molecule has 2 aromatic carbocycles. The maximum absolute atomic E-state index is 13.5. The highest BCUT2D eigenvalue weighted by molar-refractivity contribution is 6.01. The fraction of sp³-hybridized carbons (Fsp3) is 0.200. The molecule has 0 spiro atoms. The van der Waals surface area contributed by atoms with E-state index in [0.29, 0.717) is 6.42 Å². The standard InChI is InChI=1S/C25H23N3O2/c1-30-19-8-4-6-16(12-19)18-13-22-24(23(29)14-18)25(17-7-5-11-26-15-17)28-21-10-3-2-9-20(21)27-22/h2-12,15,18,25,27-28H,13-14H2,1H3/t18-,25-/m0/s1. The lowest BCUT2D eigenvalue weighted by Gasteiger charge is -2.30. The van der Waals surface area contributed by atoms with Crippen LogP contribution in [-0.4, -0.2) is 17.9 Å². The summed E-state index contributed by atoms with van der Waals surface area (Å²) in [6, 6.07) is 19.8. The van der Waals surface area contributed by atoms with Gasteiger partial charge in [0.2, 0.25) is 0 Å². The minimum absolute atomic E-state index is 0.110. The van der Waals surface area contributed by atoms with E-state index < -0.39 is 0 Å². The number of anilines is 2. The van der Waals surface area contributed by atoms with E-state index in [-0.39, 0.29) is 17.7 Å². The lowest BCUT2D eigenvalue weighted by Crippen LogP contribution is -2.26. The number of ketones is 1. The van der Waals surface area contributed by atoms with Crippen LogP contribution < -0.4 is 15.4 Å². The molecule has 5 heteroatoms. The first-order valence-electron chi connectivity index (χ1n) is 10.2. The minimum atomic E-state index is -0.233. The fourth-order valence-corrected chi connectivity index (χ4v) is 4.42. The Morgan fingerprint density at radius 3 is 2.60 bits per heavy atom. The predicted molar refractivity (Wildman–Crippen MR) is 118 cm³/mol. The first-order valence-corrected chi connectivity index (χ1v) is 10.2. The average molecular weight is 397 g/mol. The minimum Gasteiger partial charge on any atom is -0.497 e. The van der Waals surface area contributed by atoms with E-state index in [9.17, 15) is 4.79 Å². The van der Waals surface area contributed by atoms with Gasteiger partial charge >= 0.3 is 0 Å². The van der Waals surface area contributed by atoms with Crippen LogP contribution in [0.15, 0.2) is 84.3 Å². The number of carbonyl (C=O) groups excluding carboxylic acids is 1. The number of rotatable bonds is 3. The molecule has 0 saturated heterocycles. The lowest BCUT2D eigenvalue weighted by atomic mass is 9.78. The Morgan fingerprint density at radius 2 is 1.80 bits per heavy atom. The Hall–Kier alpha value is -3.60. The average Bonchev–Trinajstić information content (AvgIpc) is 2.96. The molecular weight excluding hydrogens is 374 g/mol. The molecule has 1 aliphatic heterocycles. The van der Waals surface area contributed by atoms with Gasteiger partial charge in [-0.3, -0.25) is 9.78 Å². The molecule has 0 amide bonds. The van der Waals surface area contributed by atoms with E-state index in [1.807, 2.05) is 60.8 Å². The van der Waals surface area contributed by atoms with Crippen LogP contribution in [-0.2, 0) is 4.79 Å². The number of hydrogen-bond donors (Lipinski definition) is 2. The highest BCUT2D eigenvalue weighted by Crippen LogP contribution is 2.44. The largest absolute Gasteiger partial charge is 0.497 e. The molecule has 2 heterocycles. The number of benzene rings is 2. The van der Waals surface area contributed by atoms with E-state index >= 15 is 0 Å². The van der Waals surface area contributed by atoms with Crippen molar-refractivity contribution in [1.29, 1.82) is 0 Å².